The first-order chi connectivity index (χ1) is 15.2. The second kappa shape index (κ2) is 8.93. The van der Waals surface area contributed by atoms with Crippen LogP contribution in [0.2, 0.25) is 10.0 Å². The van der Waals surface area contributed by atoms with E-state index in [1.807, 2.05) is 0 Å². The highest BCUT2D eigenvalue weighted by Crippen LogP contribution is 2.41. The van der Waals surface area contributed by atoms with Crippen LogP contribution in [0.1, 0.15) is 11.7 Å². The predicted octanol–water partition coefficient (Wildman–Crippen LogP) is 1.21. The van der Waals surface area contributed by atoms with Crippen molar-refractivity contribution in [2.75, 3.05) is 0 Å². The van der Waals surface area contributed by atoms with Gasteiger partial charge in [-0.25, -0.2) is 0 Å². The standard InChI is InChI=1S/C19H16Cl2N4O5S2/c20-6-1-2-8(21)7(5-6)9-3-4-10(30-9)11(12-14(26)22-18(31)23-15(12)27)13-16(28)24-19(32)25-17(13)29/h1-5,11-14,16,26,28H,(H2,22,23,27,31)(H2,24,25,29,32). The summed E-state index contributed by atoms with van der Waals surface area (Å²) >= 11 is 22.2. The molecule has 9 nitrogen and oxygen atoms in total. The molecule has 2 aliphatic heterocycles. The van der Waals surface area contributed by atoms with Crippen molar-refractivity contribution in [2.45, 2.75) is 18.4 Å². The zero-order chi connectivity index (χ0) is 23.2. The minimum atomic E-state index is -1.45. The van der Waals surface area contributed by atoms with Crippen LogP contribution in [0.4, 0.5) is 0 Å². The van der Waals surface area contributed by atoms with Gasteiger partial charge in [-0.15, -0.1) is 0 Å². The molecular formula is C19H16Cl2N4O5S2. The smallest absolute Gasteiger partial charge is 0.234 e. The topological polar surface area (TPSA) is 136 Å². The van der Waals surface area contributed by atoms with E-state index >= 15 is 0 Å². The average Bonchev–Trinajstić information content (AvgIpc) is 3.16. The van der Waals surface area contributed by atoms with Gasteiger partial charge in [0.1, 0.15) is 24.0 Å². The molecule has 0 spiro atoms. The molecule has 0 saturated carbocycles. The first kappa shape index (κ1) is 22.9. The number of carbonyl (C=O) groups is 2. The molecule has 2 saturated heterocycles. The summed E-state index contributed by atoms with van der Waals surface area (Å²) in [6, 6.07) is 7.96. The van der Waals surface area contributed by atoms with Crippen LogP contribution in [0.15, 0.2) is 34.7 Å². The molecule has 2 aliphatic rings. The SMILES string of the molecule is O=C1NC(=S)NC(O)C1C(c1ccc(-c2cc(Cl)ccc2Cl)o1)C1C(=O)NC(=S)NC1O. The fourth-order valence-electron chi connectivity index (χ4n) is 3.86. The first-order valence-electron chi connectivity index (χ1n) is 9.29. The van der Waals surface area contributed by atoms with Crippen LogP contribution in [0.25, 0.3) is 11.3 Å². The average molecular weight is 515 g/mol. The number of benzene rings is 1. The van der Waals surface area contributed by atoms with Gasteiger partial charge in [0.05, 0.1) is 16.9 Å². The zero-order valence-corrected chi connectivity index (χ0v) is 19.1. The van der Waals surface area contributed by atoms with Crippen molar-refractivity contribution in [3.8, 4) is 11.3 Å². The van der Waals surface area contributed by atoms with Gasteiger partial charge < -0.3 is 35.9 Å². The van der Waals surface area contributed by atoms with Crippen LogP contribution in [0.3, 0.4) is 0 Å². The third kappa shape index (κ3) is 4.32. The fourth-order valence-corrected chi connectivity index (χ4v) is 4.68. The molecule has 13 heteroatoms. The van der Waals surface area contributed by atoms with Crippen LogP contribution >= 0.6 is 47.6 Å². The highest BCUT2D eigenvalue weighted by Gasteiger charge is 2.50. The highest BCUT2D eigenvalue weighted by atomic mass is 35.5. The Morgan fingerprint density at radius 2 is 1.47 bits per heavy atom. The van der Waals surface area contributed by atoms with Crippen molar-refractivity contribution >= 4 is 69.7 Å². The number of aliphatic hydroxyl groups is 2. The van der Waals surface area contributed by atoms with Gasteiger partial charge in [0.2, 0.25) is 11.8 Å². The summed E-state index contributed by atoms with van der Waals surface area (Å²) in [6.45, 7) is 0. The Bertz CT molecular complexity index is 1080. The van der Waals surface area contributed by atoms with Gasteiger partial charge in [-0.1, -0.05) is 23.2 Å². The second-order valence-electron chi connectivity index (χ2n) is 7.22. The number of halogens is 2. The maximum atomic E-state index is 12.8. The highest BCUT2D eigenvalue weighted by molar-refractivity contribution is 7.80. The summed E-state index contributed by atoms with van der Waals surface area (Å²) in [5, 5.41) is 31.9. The van der Waals surface area contributed by atoms with E-state index in [-0.39, 0.29) is 16.0 Å². The van der Waals surface area contributed by atoms with E-state index in [9.17, 15) is 19.8 Å². The van der Waals surface area contributed by atoms with Gasteiger partial charge in [0.15, 0.2) is 10.2 Å². The summed E-state index contributed by atoms with van der Waals surface area (Å²) < 4.78 is 5.97. The minimum absolute atomic E-state index is 0.0590. The van der Waals surface area contributed by atoms with E-state index in [1.165, 1.54) is 6.07 Å². The quantitative estimate of drug-likeness (QED) is 0.332. The molecule has 4 unspecified atom stereocenters. The Labute approximate surface area is 202 Å². The van der Waals surface area contributed by atoms with Gasteiger partial charge in [0, 0.05) is 16.5 Å². The molecular weight excluding hydrogens is 499 g/mol. The van der Waals surface area contributed by atoms with Gasteiger partial charge in [0.25, 0.3) is 0 Å². The number of amides is 2. The van der Waals surface area contributed by atoms with Crippen molar-refractivity contribution in [3.05, 3.63) is 46.1 Å². The molecule has 1 aromatic carbocycles. The Hall–Kier alpha value is -2.28. The maximum absolute atomic E-state index is 12.8. The van der Waals surface area contributed by atoms with Gasteiger partial charge in [-0.2, -0.15) is 0 Å². The Kier molecular flexibility index (Phi) is 6.39. The van der Waals surface area contributed by atoms with E-state index in [4.69, 9.17) is 52.1 Å². The van der Waals surface area contributed by atoms with E-state index in [0.29, 0.717) is 21.4 Å². The van der Waals surface area contributed by atoms with E-state index < -0.39 is 42.0 Å². The minimum Gasteiger partial charge on any atom is -0.461 e. The van der Waals surface area contributed by atoms with Crippen LogP contribution in [-0.2, 0) is 9.59 Å². The van der Waals surface area contributed by atoms with Crippen LogP contribution < -0.4 is 21.3 Å². The molecule has 32 heavy (non-hydrogen) atoms. The number of thiocarbonyl (C=S) groups is 2. The van der Waals surface area contributed by atoms with Crippen LogP contribution in [0, 0.1) is 11.8 Å². The molecule has 168 valence electrons. The number of hydrogen-bond acceptors (Lipinski definition) is 7. The monoisotopic (exact) mass is 514 g/mol. The first-order valence-corrected chi connectivity index (χ1v) is 10.9. The lowest BCUT2D eigenvalue weighted by Crippen LogP contribution is -2.64. The summed E-state index contributed by atoms with van der Waals surface area (Å²) in [5.74, 6) is -4.41. The predicted molar refractivity (Wildman–Crippen MR) is 124 cm³/mol. The summed E-state index contributed by atoms with van der Waals surface area (Å²) in [7, 11) is 0. The molecule has 2 aromatic rings. The molecule has 4 rings (SSSR count). The largest absolute Gasteiger partial charge is 0.461 e. The zero-order valence-electron chi connectivity index (χ0n) is 16.0. The fraction of sp³-hybridized carbons (Fsp3) is 0.263. The number of furan rings is 1. The van der Waals surface area contributed by atoms with Crippen molar-refractivity contribution < 1.29 is 24.2 Å². The van der Waals surface area contributed by atoms with Crippen molar-refractivity contribution in [1.82, 2.24) is 21.3 Å². The van der Waals surface area contributed by atoms with E-state index in [2.05, 4.69) is 21.3 Å². The van der Waals surface area contributed by atoms with Gasteiger partial charge in [-0.05, 0) is 54.8 Å². The number of hydrogen-bond donors (Lipinski definition) is 6. The molecule has 3 heterocycles. The summed E-state index contributed by atoms with van der Waals surface area (Å²) in [6.07, 6.45) is -2.89. The van der Waals surface area contributed by atoms with Crippen LogP contribution in [0.5, 0.6) is 0 Å². The second-order valence-corrected chi connectivity index (χ2v) is 8.88. The molecule has 0 aliphatic carbocycles. The van der Waals surface area contributed by atoms with Gasteiger partial charge in [-0.3, -0.25) is 9.59 Å². The summed E-state index contributed by atoms with van der Waals surface area (Å²) in [4.78, 5) is 25.6. The van der Waals surface area contributed by atoms with Gasteiger partial charge >= 0.3 is 0 Å². The normalized spacial score (nSPS) is 26.6. The number of nitrogens with one attached hydrogen (secondary N) is 4. The number of rotatable bonds is 4. The summed E-state index contributed by atoms with van der Waals surface area (Å²) in [5.41, 5.74) is 0.491. The Morgan fingerprint density at radius 1 is 0.906 bits per heavy atom. The molecule has 4 atom stereocenters. The number of aliphatic hydroxyl groups excluding tert-OH is 2. The molecule has 6 N–H and O–H groups in total. The Balaban J connectivity index is 1.80. The maximum Gasteiger partial charge on any atom is 0.234 e. The van der Waals surface area contributed by atoms with E-state index in [1.54, 1.807) is 24.3 Å². The molecule has 0 bridgehead atoms. The van der Waals surface area contributed by atoms with Crippen LogP contribution in [-0.4, -0.2) is 44.7 Å². The van der Waals surface area contributed by atoms with Crippen molar-refractivity contribution in [1.29, 1.82) is 0 Å². The lowest BCUT2D eigenvalue weighted by atomic mass is 9.75. The Morgan fingerprint density at radius 3 is 2.00 bits per heavy atom. The molecule has 2 fully saturated rings. The third-order valence-corrected chi connectivity index (χ3v) is 6.24. The van der Waals surface area contributed by atoms with Crippen molar-refractivity contribution in [3.63, 3.8) is 0 Å². The van der Waals surface area contributed by atoms with Crippen molar-refractivity contribution in [2.24, 2.45) is 11.8 Å². The molecule has 1 aromatic heterocycles. The molecule has 0 radical (unpaired) electrons. The lowest BCUT2D eigenvalue weighted by molar-refractivity contribution is -0.138. The third-order valence-electron chi connectivity index (χ3n) is 5.24. The number of carbonyl (C=O) groups excluding carboxylic acids is 2. The molecule has 2 amide bonds. The lowest BCUT2D eigenvalue weighted by Gasteiger charge is -2.40. The van der Waals surface area contributed by atoms with E-state index in [0.717, 1.165) is 0 Å².